The summed E-state index contributed by atoms with van der Waals surface area (Å²) < 4.78 is 2.30. The first kappa shape index (κ1) is 20.9. The van der Waals surface area contributed by atoms with Crippen molar-refractivity contribution in [1.82, 2.24) is 20.2 Å². The van der Waals surface area contributed by atoms with E-state index in [9.17, 15) is 10.1 Å². The van der Waals surface area contributed by atoms with Gasteiger partial charge in [-0.25, -0.2) is 0 Å². The number of hydrogen-bond donors (Lipinski definition) is 2. The van der Waals surface area contributed by atoms with Gasteiger partial charge in [-0.2, -0.15) is 5.26 Å². The van der Waals surface area contributed by atoms with Gasteiger partial charge in [-0.05, 0) is 61.3 Å². The van der Waals surface area contributed by atoms with Gasteiger partial charge in [0.15, 0.2) is 0 Å². The van der Waals surface area contributed by atoms with Gasteiger partial charge in [-0.1, -0.05) is 24.3 Å². The molecule has 2 N–H and O–H groups in total. The highest BCUT2D eigenvalue weighted by molar-refractivity contribution is 6.02. The minimum atomic E-state index is -0.115. The van der Waals surface area contributed by atoms with Crippen LogP contribution >= 0.6 is 0 Å². The van der Waals surface area contributed by atoms with Crippen LogP contribution in [-0.4, -0.2) is 35.6 Å². The smallest absolute Gasteiger partial charge is 0.251 e. The largest absolute Gasteiger partial charge is 0.355 e. The van der Waals surface area contributed by atoms with Gasteiger partial charge in [0.2, 0.25) is 0 Å². The van der Waals surface area contributed by atoms with Crippen LogP contribution in [0.2, 0.25) is 0 Å². The number of rotatable bonds is 5. The van der Waals surface area contributed by atoms with E-state index in [0.717, 1.165) is 52.9 Å². The lowest BCUT2D eigenvalue weighted by molar-refractivity contribution is 0.0963. The molecule has 3 heterocycles. The van der Waals surface area contributed by atoms with Gasteiger partial charge in [0, 0.05) is 41.9 Å². The second-order valence-corrected chi connectivity index (χ2v) is 8.45. The molecule has 0 unspecified atom stereocenters. The second-order valence-electron chi connectivity index (χ2n) is 8.45. The van der Waals surface area contributed by atoms with Crippen LogP contribution in [0, 0.1) is 17.2 Å². The second kappa shape index (κ2) is 8.89. The fraction of sp³-hybridized carbons (Fsp3) is 0.222. The van der Waals surface area contributed by atoms with Gasteiger partial charge >= 0.3 is 0 Å². The van der Waals surface area contributed by atoms with E-state index in [1.165, 1.54) is 6.42 Å². The molecule has 1 fully saturated rings. The fourth-order valence-corrected chi connectivity index (χ4v) is 4.61. The normalized spacial score (nSPS) is 15.5. The number of fused-ring (bicyclic) bond motifs is 1. The average Bonchev–Trinajstić information content (AvgIpc) is 3.53. The summed E-state index contributed by atoms with van der Waals surface area (Å²) in [4.78, 5) is 16.9. The van der Waals surface area contributed by atoms with Crippen molar-refractivity contribution in [3.05, 3.63) is 78.1 Å². The Labute approximate surface area is 192 Å². The number of pyridine rings is 1. The molecule has 1 aliphatic heterocycles. The van der Waals surface area contributed by atoms with Gasteiger partial charge < -0.3 is 15.2 Å². The van der Waals surface area contributed by atoms with Crippen LogP contribution in [-0.2, 0) is 6.54 Å². The summed E-state index contributed by atoms with van der Waals surface area (Å²) in [5.41, 5.74) is 6.19. The molecule has 0 bridgehead atoms. The van der Waals surface area contributed by atoms with Crippen LogP contribution in [0.5, 0.6) is 0 Å². The van der Waals surface area contributed by atoms with Gasteiger partial charge in [0.25, 0.3) is 5.91 Å². The molecule has 5 rings (SSSR count). The van der Waals surface area contributed by atoms with Crippen molar-refractivity contribution < 1.29 is 4.79 Å². The number of hydrogen-bond acceptors (Lipinski definition) is 4. The molecule has 0 saturated carbocycles. The van der Waals surface area contributed by atoms with E-state index in [-0.39, 0.29) is 5.91 Å². The highest BCUT2D eigenvalue weighted by atomic mass is 16.1. The zero-order valence-corrected chi connectivity index (χ0v) is 18.5. The number of carbonyl (C=O) groups excluding carboxylic acids is 1. The number of benzene rings is 2. The quantitative estimate of drug-likeness (QED) is 0.492. The summed E-state index contributed by atoms with van der Waals surface area (Å²) in [5.74, 6) is 0.506. The molecular weight excluding hydrogens is 410 g/mol. The minimum absolute atomic E-state index is 0.115. The summed E-state index contributed by atoms with van der Waals surface area (Å²) in [7, 11) is 1.63. The maximum absolute atomic E-state index is 12.0. The molecule has 4 aromatic rings. The third kappa shape index (κ3) is 3.99. The van der Waals surface area contributed by atoms with Gasteiger partial charge in [0.1, 0.15) is 0 Å². The maximum Gasteiger partial charge on any atom is 0.251 e. The molecule has 6 nitrogen and oxygen atoms in total. The van der Waals surface area contributed by atoms with Crippen LogP contribution in [0.4, 0.5) is 0 Å². The molecule has 6 heteroatoms. The van der Waals surface area contributed by atoms with Crippen molar-refractivity contribution in [1.29, 1.82) is 5.26 Å². The molecule has 1 saturated heterocycles. The summed E-state index contributed by atoms with van der Waals surface area (Å²) in [6, 6.07) is 19.5. The van der Waals surface area contributed by atoms with E-state index in [2.05, 4.69) is 33.5 Å². The average molecular weight is 436 g/mol. The highest BCUT2D eigenvalue weighted by Gasteiger charge is 2.19. The number of nitrogens with one attached hydrogen (secondary N) is 2. The first-order chi connectivity index (χ1) is 16.2. The molecule has 1 aliphatic rings. The Bertz CT molecular complexity index is 1340. The van der Waals surface area contributed by atoms with Crippen LogP contribution < -0.4 is 10.6 Å². The molecule has 1 amide bonds. The van der Waals surface area contributed by atoms with Crippen molar-refractivity contribution in [2.75, 3.05) is 20.1 Å². The van der Waals surface area contributed by atoms with Gasteiger partial charge in [-0.3, -0.25) is 9.78 Å². The van der Waals surface area contributed by atoms with Crippen molar-refractivity contribution in [2.24, 2.45) is 5.92 Å². The van der Waals surface area contributed by atoms with Crippen LogP contribution in [0.25, 0.3) is 33.3 Å². The zero-order valence-electron chi connectivity index (χ0n) is 18.5. The maximum atomic E-state index is 12.0. The molecular formula is C27H25N5O. The summed E-state index contributed by atoms with van der Waals surface area (Å²) in [6.45, 7) is 3.09. The first-order valence-electron chi connectivity index (χ1n) is 11.2. The fourth-order valence-electron chi connectivity index (χ4n) is 4.61. The molecule has 164 valence electrons. The SMILES string of the molecule is CNC(=O)c1ccc(-c2ncc3c(ccn3C[C@@H]3CCNC3)c2-c2ccc(C#N)cc2)cc1. The van der Waals surface area contributed by atoms with Crippen molar-refractivity contribution in [3.8, 4) is 28.5 Å². The number of nitriles is 1. The molecule has 0 aliphatic carbocycles. The Hall–Kier alpha value is -3.95. The van der Waals surface area contributed by atoms with Crippen molar-refractivity contribution in [2.45, 2.75) is 13.0 Å². The standard InChI is InChI=1S/C27H25N5O/c1-29-27(33)22-8-6-21(7-9-22)26-25(20-4-2-18(14-28)3-5-20)23-11-13-32(24(23)16-31-26)17-19-10-12-30-15-19/h2-9,11,13,16,19,30H,10,12,15,17H2,1H3,(H,29,33)/t19-/m1/s1. The van der Waals surface area contributed by atoms with E-state index in [4.69, 9.17) is 4.98 Å². The topological polar surface area (TPSA) is 82.7 Å². The first-order valence-corrected chi connectivity index (χ1v) is 11.2. The van der Waals surface area contributed by atoms with Gasteiger partial charge in [0.05, 0.1) is 29.0 Å². The van der Waals surface area contributed by atoms with E-state index < -0.39 is 0 Å². The molecule has 33 heavy (non-hydrogen) atoms. The van der Waals surface area contributed by atoms with E-state index in [1.807, 2.05) is 54.7 Å². The van der Waals surface area contributed by atoms with Crippen LogP contribution in [0.15, 0.2) is 67.0 Å². The Balaban J connectivity index is 1.64. The lowest BCUT2D eigenvalue weighted by atomic mass is 9.95. The third-order valence-corrected chi connectivity index (χ3v) is 6.40. The number of amides is 1. The monoisotopic (exact) mass is 435 g/mol. The number of carbonyl (C=O) groups is 1. The number of aromatic nitrogens is 2. The lowest BCUT2D eigenvalue weighted by Gasteiger charge is -2.14. The third-order valence-electron chi connectivity index (χ3n) is 6.40. The van der Waals surface area contributed by atoms with E-state index in [1.54, 1.807) is 7.05 Å². The van der Waals surface area contributed by atoms with Crippen molar-refractivity contribution >= 4 is 16.8 Å². The van der Waals surface area contributed by atoms with E-state index in [0.29, 0.717) is 17.0 Å². The molecule has 2 aromatic heterocycles. The summed E-state index contributed by atoms with van der Waals surface area (Å²) >= 11 is 0. The Kier molecular flexibility index (Phi) is 5.64. The Morgan fingerprint density at radius 3 is 2.58 bits per heavy atom. The minimum Gasteiger partial charge on any atom is -0.355 e. The Morgan fingerprint density at radius 1 is 1.15 bits per heavy atom. The molecule has 2 aromatic carbocycles. The van der Waals surface area contributed by atoms with Crippen LogP contribution in [0.1, 0.15) is 22.3 Å². The van der Waals surface area contributed by atoms with E-state index >= 15 is 0 Å². The highest BCUT2D eigenvalue weighted by Crippen LogP contribution is 2.37. The molecule has 0 radical (unpaired) electrons. The summed E-state index contributed by atoms with van der Waals surface area (Å²) in [6.07, 6.45) is 5.29. The molecule has 1 atom stereocenters. The Morgan fingerprint density at radius 2 is 1.91 bits per heavy atom. The predicted molar refractivity (Wildman–Crippen MR) is 130 cm³/mol. The van der Waals surface area contributed by atoms with Gasteiger partial charge in [-0.15, -0.1) is 0 Å². The zero-order chi connectivity index (χ0) is 22.8. The predicted octanol–water partition coefficient (Wildman–Crippen LogP) is 4.21. The summed E-state index contributed by atoms with van der Waals surface area (Å²) in [5, 5.41) is 16.5. The van der Waals surface area contributed by atoms with Crippen molar-refractivity contribution in [3.63, 3.8) is 0 Å². The lowest BCUT2D eigenvalue weighted by Crippen LogP contribution is -2.17. The van der Waals surface area contributed by atoms with Crippen LogP contribution in [0.3, 0.4) is 0 Å². The number of nitrogens with zero attached hydrogens (tertiary/aromatic N) is 3. The molecule has 0 spiro atoms.